The molecule has 0 aromatic rings. The minimum absolute atomic E-state index is 0.495. The minimum Gasteiger partial charge on any atom is -0.498 e. The molecule has 84 valence electrons. The van der Waals surface area contributed by atoms with Crippen LogP contribution in [0.3, 0.4) is 0 Å². The Morgan fingerprint density at radius 1 is 1.47 bits per heavy atom. The highest BCUT2D eigenvalue weighted by Crippen LogP contribution is 2.11. The van der Waals surface area contributed by atoms with Gasteiger partial charge in [0.05, 0.1) is 17.9 Å². The van der Waals surface area contributed by atoms with E-state index in [1.807, 2.05) is 13.8 Å². The van der Waals surface area contributed by atoms with E-state index >= 15 is 0 Å². The van der Waals surface area contributed by atoms with Crippen LogP contribution in [-0.2, 0) is 9.53 Å². The first-order valence-electron chi connectivity index (χ1n) is 4.64. The molecule has 0 unspecified atom stereocenters. The molecule has 4 heteroatoms. The predicted molar refractivity (Wildman–Crippen MR) is 56.0 cm³/mol. The van der Waals surface area contributed by atoms with Gasteiger partial charge in [-0.3, -0.25) is 0 Å². The van der Waals surface area contributed by atoms with Crippen LogP contribution in [0.2, 0.25) is 0 Å². The highest BCUT2D eigenvalue weighted by Gasteiger charge is 2.08. The highest BCUT2D eigenvalue weighted by molar-refractivity contribution is 5.90. The van der Waals surface area contributed by atoms with Crippen LogP contribution in [0.15, 0.2) is 35.9 Å². The van der Waals surface area contributed by atoms with Gasteiger partial charge in [-0.25, -0.2) is 9.18 Å². The van der Waals surface area contributed by atoms with Gasteiger partial charge in [-0.2, -0.15) is 0 Å². The Kier molecular flexibility index (Phi) is 6.09. The maximum absolute atomic E-state index is 13.1. The van der Waals surface area contributed by atoms with Crippen LogP contribution in [0.4, 0.5) is 4.39 Å². The van der Waals surface area contributed by atoms with E-state index in [2.05, 4.69) is 6.58 Å². The van der Waals surface area contributed by atoms with Crippen molar-refractivity contribution in [3.8, 4) is 0 Å². The van der Waals surface area contributed by atoms with E-state index in [0.29, 0.717) is 18.8 Å². The topological polar surface area (TPSA) is 46.5 Å². The molecule has 0 aliphatic heterocycles. The first kappa shape index (κ1) is 13.4. The third-order valence-electron chi connectivity index (χ3n) is 1.64. The quantitative estimate of drug-likeness (QED) is 0.420. The van der Waals surface area contributed by atoms with E-state index in [1.165, 1.54) is 6.08 Å². The highest BCUT2D eigenvalue weighted by atomic mass is 19.1. The van der Waals surface area contributed by atoms with Crippen molar-refractivity contribution in [3.63, 3.8) is 0 Å². The molecule has 0 saturated heterocycles. The molecule has 0 heterocycles. The second-order valence-corrected chi connectivity index (χ2v) is 2.72. The summed E-state index contributed by atoms with van der Waals surface area (Å²) in [7, 11) is 0. The molecule has 0 spiro atoms. The summed E-state index contributed by atoms with van der Waals surface area (Å²) in [6.07, 6.45) is 3.08. The minimum atomic E-state index is -1.37. The average molecular weight is 214 g/mol. The first-order chi connectivity index (χ1) is 7.02. The molecule has 0 aromatic heterocycles. The summed E-state index contributed by atoms with van der Waals surface area (Å²) in [5, 5.41) is 8.45. The van der Waals surface area contributed by atoms with Crippen LogP contribution in [-0.4, -0.2) is 17.7 Å². The standard InChI is InChI=1S/C11H15FO3/c1-4-9(15-5-2)6-7-10(12)8(3)11(13)14/h6-7H,3-5H2,1-2H3,(H,13,14)/b9-6+,10-7+. The van der Waals surface area contributed by atoms with Crippen molar-refractivity contribution in [2.75, 3.05) is 6.61 Å². The van der Waals surface area contributed by atoms with Crippen molar-refractivity contribution < 1.29 is 19.0 Å². The predicted octanol–water partition coefficient (Wildman–Crippen LogP) is 2.81. The van der Waals surface area contributed by atoms with Gasteiger partial charge in [0.25, 0.3) is 0 Å². The zero-order valence-corrected chi connectivity index (χ0v) is 8.92. The number of hydrogen-bond donors (Lipinski definition) is 1. The van der Waals surface area contributed by atoms with Crippen molar-refractivity contribution in [1.82, 2.24) is 0 Å². The lowest BCUT2D eigenvalue weighted by molar-refractivity contribution is -0.132. The summed E-state index contributed by atoms with van der Waals surface area (Å²) in [5.74, 6) is -1.63. The third kappa shape index (κ3) is 5.00. The van der Waals surface area contributed by atoms with Gasteiger partial charge in [-0.15, -0.1) is 0 Å². The van der Waals surface area contributed by atoms with Crippen LogP contribution in [0.25, 0.3) is 0 Å². The van der Waals surface area contributed by atoms with Crippen molar-refractivity contribution in [1.29, 1.82) is 0 Å². The number of hydrogen-bond acceptors (Lipinski definition) is 2. The second-order valence-electron chi connectivity index (χ2n) is 2.72. The molecule has 0 aromatic carbocycles. The Labute approximate surface area is 88.6 Å². The maximum atomic E-state index is 13.1. The van der Waals surface area contributed by atoms with Crippen LogP contribution < -0.4 is 0 Å². The van der Waals surface area contributed by atoms with Crippen molar-refractivity contribution in [2.45, 2.75) is 20.3 Å². The summed E-state index contributed by atoms with van der Waals surface area (Å²) in [6.45, 7) is 7.27. The Balaban J connectivity index is 4.60. The third-order valence-corrected chi connectivity index (χ3v) is 1.64. The second kappa shape index (κ2) is 6.81. The van der Waals surface area contributed by atoms with Gasteiger partial charge < -0.3 is 9.84 Å². The number of ether oxygens (including phenoxy) is 1. The molecule has 0 bridgehead atoms. The fourth-order valence-electron chi connectivity index (χ4n) is 0.822. The van der Waals surface area contributed by atoms with E-state index in [-0.39, 0.29) is 0 Å². The van der Waals surface area contributed by atoms with Crippen molar-refractivity contribution >= 4 is 5.97 Å². The van der Waals surface area contributed by atoms with E-state index in [9.17, 15) is 9.18 Å². The smallest absolute Gasteiger partial charge is 0.338 e. The number of carboxylic acid groups (broad SMARTS) is 1. The van der Waals surface area contributed by atoms with Gasteiger partial charge >= 0.3 is 5.97 Å². The summed E-state index contributed by atoms with van der Waals surface area (Å²) < 4.78 is 18.2. The molecular formula is C11H15FO3. The average Bonchev–Trinajstić information content (AvgIpc) is 2.22. The van der Waals surface area contributed by atoms with E-state index < -0.39 is 17.4 Å². The zero-order valence-electron chi connectivity index (χ0n) is 8.92. The number of carbonyl (C=O) groups is 1. The molecule has 0 radical (unpaired) electrons. The summed E-state index contributed by atoms with van der Waals surface area (Å²) in [4.78, 5) is 10.3. The monoisotopic (exact) mass is 214 g/mol. The molecule has 0 amide bonds. The SMILES string of the molecule is C=C(C(=O)O)/C(F)=C\C=C(/CC)OCC. The number of rotatable bonds is 6. The van der Waals surface area contributed by atoms with Crippen molar-refractivity contribution in [2.24, 2.45) is 0 Å². The largest absolute Gasteiger partial charge is 0.498 e. The summed E-state index contributed by atoms with van der Waals surface area (Å²) in [5.41, 5.74) is -0.557. The van der Waals surface area contributed by atoms with E-state index in [0.717, 1.165) is 6.08 Å². The lowest BCUT2D eigenvalue weighted by Gasteiger charge is -2.03. The first-order valence-corrected chi connectivity index (χ1v) is 4.64. The van der Waals surface area contributed by atoms with Gasteiger partial charge in [0.2, 0.25) is 0 Å². The van der Waals surface area contributed by atoms with E-state index in [1.54, 1.807) is 0 Å². The Morgan fingerprint density at radius 3 is 2.47 bits per heavy atom. The maximum Gasteiger partial charge on any atom is 0.338 e. The van der Waals surface area contributed by atoms with Crippen LogP contribution in [0, 0.1) is 0 Å². The van der Waals surface area contributed by atoms with Gasteiger partial charge in [-0.05, 0) is 19.1 Å². The van der Waals surface area contributed by atoms with Gasteiger partial charge in [0, 0.05) is 6.42 Å². The fourth-order valence-corrected chi connectivity index (χ4v) is 0.822. The van der Waals surface area contributed by atoms with Gasteiger partial charge in [-0.1, -0.05) is 13.5 Å². The molecule has 3 nitrogen and oxygen atoms in total. The molecule has 1 N–H and O–H groups in total. The summed E-state index contributed by atoms with van der Waals surface area (Å²) >= 11 is 0. The molecule has 0 aliphatic carbocycles. The number of aliphatic carboxylic acids is 1. The Bertz CT molecular complexity index is 303. The van der Waals surface area contributed by atoms with Crippen LogP contribution in [0.5, 0.6) is 0 Å². The molecule has 0 fully saturated rings. The number of halogens is 1. The molecule has 15 heavy (non-hydrogen) atoms. The van der Waals surface area contributed by atoms with Crippen LogP contribution >= 0.6 is 0 Å². The lowest BCUT2D eigenvalue weighted by Crippen LogP contribution is -1.99. The fraction of sp³-hybridized carbons (Fsp3) is 0.364. The zero-order chi connectivity index (χ0) is 11.8. The summed E-state index contributed by atoms with van der Waals surface area (Å²) in [6, 6.07) is 0. The number of carboxylic acids is 1. The molecule has 0 atom stereocenters. The molecular weight excluding hydrogens is 199 g/mol. The van der Waals surface area contributed by atoms with E-state index in [4.69, 9.17) is 9.84 Å². The Hall–Kier alpha value is -1.58. The Morgan fingerprint density at radius 2 is 2.07 bits per heavy atom. The molecule has 0 rings (SSSR count). The van der Waals surface area contributed by atoms with Gasteiger partial charge in [0.15, 0.2) is 0 Å². The molecule has 0 aliphatic rings. The normalized spacial score (nSPS) is 12.5. The lowest BCUT2D eigenvalue weighted by atomic mass is 10.2. The van der Waals surface area contributed by atoms with Crippen molar-refractivity contribution in [3.05, 3.63) is 35.9 Å². The van der Waals surface area contributed by atoms with Gasteiger partial charge in [0.1, 0.15) is 5.83 Å². The molecule has 0 saturated carbocycles. The van der Waals surface area contributed by atoms with Crippen LogP contribution in [0.1, 0.15) is 20.3 Å². The number of allylic oxidation sites excluding steroid dienone is 3.